The maximum Gasteiger partial charge on any atom is 0.320 e. The highest BCUT2D eigenvalue weighted by molar-refractivity contribution is 5.73. The van der Waals surface area contributed by atoms with Crippen LogP contribution in [0.3, 0.4) is 0 Å². The minimum absolute atomic E-state index is 0.0785. The Bertz CT molecular complexity index is 200. The number of carbonyl (C=O) groups is 1. The zero-order valence-electron chi connectivity index (χ0n) is 6.46. The van der Waals surface area contributed by atoms with E-state index in [1.54, 1.807) is 0 Å². The van der Waals surface area contributed by atoms with Gasteiger partial charge < -0.3 is 10.8 Å². The van der Waals surface area contributed by atoms with Gasteiger partial charge in [0.2, 0.25) is 0 Å². The third-order valence-electron chi connectivity index (χ3n) is 2.25. The summed E-state index contributed by atoms with van der Waals surface area (Å²) >= 11 is 0. The van der Waals surface area contributed by atoms with E-state index in [9.17, 15) is 13.6 Å². The Hall–Kier alpha value is -0.710. The molecule has 1 rings (SSSR count). The SMILES string of the molecule is N[C@@H](CC1(F)CCC1F)C(=O)O. The van der Waals surface area contributed by atoms with Crippen molar-refractivity contribution in [3.63, 3.8) is 0 Å². The number of hydrogen-bond donors (Lipinski definition) is 2. The molecule has 70 valence electrons. The number of hydrogen-bond acceptors (Lipinski definition) is 2. The molecular weight excluding hydrogens is 168 g/mol. The van der Waals surface area contributed by atoms with Gasteiger partial charge >= 0.3 is 5.97 Å². The first-order chi connectivity index (χ1) is 5.46. The van der Waals surface area contributed by atoms with E-state index in [0.29, 0.717) is 0 Å². The minimum atomic E-state index is -1.99. The lowest BCUT2D eigenvalue weighted by molar-refractivity contribution is -0.141. The average molecular weight is 179 g/mol. The van der Waals surface area contributed by atoms with E-state index in [2.05, 4.69) is 0 Å². The molecule has 0 bridgehead atoms. The number of nitrogens with two attached hydrogens (primary N) is 1. The molecule has 3 atom stereocenters. The van der Waals surface area contributed by atoms with Gasteiger partial charge in [0.05, 0.1) is 0 Å². The molecule has 5 heteroatoms. The number of carboxylic acids is 1. The molecule has 3 nitrogen and oxygen atoms in total. The van der Waals surface area contributed by atoms with Gasteiger partial charge in [0, 0.05) is 6.42 Å². The van der Waals surface area contributed by atoms with Crippen LogP contribution in [0.25, 0.3) is 0 Å². The first-order valence-corrected chi connectivity index (χ1v) is 3.77. The fourth-order valence-electron chi connectivity index (χ4n) is 1.25. The molecular formula is C7H11F2NO2. The van der Waals surface area contributed by atoms with Crippen LogP contribution in [-0.2, 0) is 4.79 Å². The van der Waals surface area contributed by atoms with E-state index in [-0.39, 0.29) is 12.8 Å². The predicted molar refractivity (Wildman–Crippen MR) is 38.2 cm³/mol. The van der Waals surface area contributed by atoms with E-state index in [4.69, 9.17) is 10.8 Å². The van der Waals surface area contributed by atoms with E-state index >= 15 is 0 Å². The maximum atomic E-state index is 13.2. The van der Waals surface area contributed by atoms with Crippen LogP contribution in [0, 0.1) is 0 Å². The molecule has 0 amide bonds. The van der Waals surface area contributed by atoms with E-state index in [0.717, 1.165) is 0 Å². The fourth-order valence-corrected chi connectivity index (χ4v) is 1.25. The van der Waals surface area contributed by atoms with Crippen LogP contribution < -0.4 is 5.73 Å². The lowest BCUT2D eigenvalue weighted by Crippen LogP contribution is -2.50. The van der Waals surface area contributed by atoms with Crippen LogP contribution >= 0.6 is 0 Å². The highest BCUT2D eigenvalue weighted by Gasteiger charge is 2.49. The highest BCUT2D eigenvalue weighted by Crippen LogP contribution is 2.41. The van der Waals surface area contributed by atoms with Crippen molar-refractivity contribution in [1.29, 1.82) is 0 Å². The molecule has 1 saturated carbocycles. The van der Waals surface area contributed by atoms with Crippen LogP contribution in [0.1, 0.15) is 19.3 Å². The molecule has 0 aromatic rings. The van der Waals surface area contributed by atoms with Gasteiger partial charge in [0.15, 0.2) is 0 Å². The standard InChI is InChI=1S/C7H11F2NO2/c8-5-1-2-7(5,9)3-4(10)6(11)12/h4-5H,1-3,10H2,(H,11,12)/t4-,5?,7?/m0/s1. The summed E-state index contributed by atoms with van der Waals surface area (Å²) in [5.41, 5.74) is 3.08. The molecule has 0 spiro atoms. The summed E-state index contributed by atoms with van der Waals surface area (Å²) in [6, 6.07) is -1.30. The van der Waals surface area contributed by atoms with E-state index < -0.39 is 30.3 Å². The van der Waals surface area contributed by atoms with Crippen LogP contribution in [0.2, 0.25) is 0 Å². The van der Waals surface area contributed by atoms with Gasteiger partial charge in [-0.2, -0.15) is 0 Å². The van der Waals surface area contributed by atoms with Gasteiger partial charge in [0.25, 0.3) is 0 Å². The Morgan fingerprint density at radius 2 is 2.42 bits per heavy atom. The molecule has 3 N–H and O–H groups in total. The number of rotatable bonds is 3. The van der Waals surface area contributed by atoms with Crippen molar-refractivity contribution in [3.05, 3.63) is 0 Å². The van der Waals surface area contributed by atoms with Crippen molar-refractivity contribution in [2.24, 2.45) is 5.73 Å². The largest absolute Gasteiger partial charge is 0.480 e. The van der Waals surface area contributed by atoms with Crippen LogP contribution in [-0.4, -0.2) is 29.0 Å². The Balaban J connectivity index is 2.45. The summed E-state index contributed by atoms with van der Waals surface area (Å²) in [4.78, 5) is 10.2. The summed E-state index contributed by atoms with van der Waals surface area (Å²) in [5, 5.41) is 8.34. The Labute approximate surface area is 68.5 Å². The minimum Gasteiger partial charge on any atom is -0.480 e. The molecule has 0 aromatic carbocycles. The molecule has 0 aromatic heterocycles. The monoisotopic (exact) mass is 179 g/mol. The lowest BCUT2D eigenvalue weighted by atomic mass is 9.76. The summed E-state index contributed by atoms with van der Waals surface area (Å²) < 4.78 is 25.8. The Morgan fingerprint density at radius 3 is 2.67 bits per heavy atom. The zero-order chi connectivity index (χ0) is 9.35. The molecule has 0 aliphatic heterocycles. The molecule has 1 aliphatic rings. The van der Waals surface area contributed by atoms with Crippen molar-refractivity contribution in [2.75, 3.05) is 0 Å². The second-order valence-electron chi connectivity index (χ2n) is 3.19. The van der Waals surface area contributed by atoms with Gasteiger partial charge in [-0.1, -0.05) is 0 Å². The zero-order valence-corrected chi connectivity index (χ0v) is 6.46. The van der Waals surface area contributed by atoms with Crippen LogP contribution in [0.4, 0.5) is 8.78 Å². The molecule has 0 saturated heterocycles. The first-order valence-electron chi connectivity index (χ1n) is 3.77. The van der Waals surface area contributed by atoms with E-state index in [1.165, 1.54) is 0 Å². The van der Waals surface area contributed by atoms with Gasteiger partial charge in [-0.3, -0.25) is 4.79 Å². The second-order valence-corrected chi connectivity index (χ2v) is 3.19. The second kappa shape index (κ2) is 2.97. The topological polar surface area (TPSA) is 63.3 Å². The molecule has 1 fully saturated rings. The third-order valence-corrected chi connectivity index (χ3v) is 2.25. The Kier molecular flexibility index (Phi) is 2.32. The third kappa shape index (κ3) is 1.55. The number of alkyl halides is 2. The van der Waals surface area contributed by atoms with Gasteiger partial charge in [-0.15, -0.1) is 0 Å². The first kappa shape index (κ1) is 9.38. The van der Waals surface area contributed by atoms with Gasteiger partial charge in [-0.05, 0) is 12.8 Å². The average Bonchev–Trinajstić information content (AvgIpc) is 2.01. The summed E-state index contributed by atoms with van der Waals surface area (Å²) in [6.07, 6.45) is -1.72. The number of carboxylic acid groups (broad SMARTS) is 1. The smallest absolute Gasteiger partial charge is 0.320 e. The fraction of sp³-hybridized carbons (Fsp3) is 0.857. The van der Waals surface area contributed by atoms with Crippen molar-refractivity contribution in [3.8, 4) is 0 Å². The van der Waals surface area contributed by atoms with E-state index in [1.807, 2.05) is 0 Å². The van der Waals surface area contributed by atoms with Gasteiger partial charge in [-0.25, -0.2) is 8.78 Å². The maximum absolute atomic E-state index is 13.2. The molecule has 0 heterocycles. The quantitative estimate of drug-likeness (QED) is 0.667. The molecule has 0 radical (unpaired) electrons. The number of aliphatic carboxylic acids is 1. The molecule has 12 heavy (non-hydrogen) atoms. The summed E-state index contributed by atoms with van der Waals surface area (Å²) in [7, 11) is 0. The predicted octanol–water partition coefficient (Wildman–Crippen LogP) is 0.629. The summed E-state index contributed by atoms with van der Waals surface area (Å²) in [5.74, 6) is -1.29. The Morgan fingerprint density at radius 1 is 1.83 bits per heavy atom. The van der Waals surface area contributed by atoms with Crippen molar-refractivity contribution >= 4 is 5.97 Å². The lowest BCUT2D eigenvalue weighted by Gasteiger charge is -2.38. The van der Waals surface area contributed by atoms with Crippen molar-refractivity contribution in [1.82, 2.24) is 0 Å². The number of halogens is 2. The van der Waals surface area contributed by atoms with Crippen LogP contribution in [0.5, 0.6) is 0 Å². The van der Waals surface area contributed by atoms with Crippen molar-refractivity contribution in [2.45, 2.75) is 37.1 Å². The van der Waals surface area contributed by atoms with Crippen LogP contribution in [0.15, 0.2) is 0 Å². The van der Waals surface area contributed by atoms with Crippen molar-refractivity contribution < 1.29 is 18.7 Å². The highest BCUT2D eigenvalue weighted by atomic mass is 19.2. The molecule has 2 unspecified atom stereocenters. The van der Waals surface area contributed by atoms with Gasteiger partial charge in [0.1, 0.15) is 17.9 Å². The normalized spacial score (nSPS) is 37.1. The molecule has 1 aliphatic carbocycles. The summed E-state index contributed by atoms with van der Waals surface area (Å²) in [6.45, 7) is 0.